The molecule has 0 spiro atoms. The molecule has 0 aliphatic carbocycles. The third-order valence-corrected chi connectivity index (χ3v) is 4.20. The Morgan fingerprint density at radius 1 is 1.19 bits per heavy atom. The van der Waals surface area contributed by atoms with Gasteiger partial charge in [0.2, 0.25) is 0 Å². The number of carbonyl (C=O) groups is 1. The second-order valence-electron chi connectivity index (χ2n) is 6.47. The normalized spacial score (nSPS) is 10.6. The molecule has 26 heavy (non-hydrogen) atoms. The number of ether oxygens (including phenoxy) is 1. The van der Waals surface area contributed by atoms with E-state index in [2.05, 4.69) is 13.5 Å². The summed E-state index contributed by atoms with van der Waals surface area (Å²) in [4.78, 5) is 11.5. The molecule has 2 rings (SSSR count). The van der Waals surface area contributed by atoms with E-state index in [9.17, 15) is 14.3 Å². The van der Waals surface area contributed by atoms with E-state index in [4.69, 9.17) is 4.74 Å². The number of phenols is 1. The lowest BCUT2D eigenvalue weighted by molar-refractivity contribution is -0.140. The molecule has 0 aliphatic rings. The lowest BCUT2D eigenvalue weighted by Gasteiger charge is -2.11. The zero-order valence-electron chi connectivity index (χ0n) is 15.3. The van der Waals surface area contributed by atoms with Crippen LogP contribution in [0.1, 0.15) is 44.2 Å². The number of unbranched alkanes of at least 4 members (excludes halogenated alkanes) is 2. The topological polar surface area (TPSA) is 46.5 Å². The fourth-order valence-electron chi connectivity index (χ4n) is 2.66. The van der Waals surface area contributed by atoms with Crippen molar-refractivity contribution in [3.8, 4) is 16.9 Å². The molecule has 1 N–H and O–H groups in total. The van der Waals surface area contributed by atoms with Crippen molar-refractivity contribution in [2.45, 2.75) is 46.1 Å². The Labute approximate surface area is 154 Å². The molecular weight excluding hydrogens is 331 g/mol. The maximum atomic E-state index is 14.5. The molecular formula is C22H25FO3. The highest BCUT2D eigenvalue weighted by Crippen LogP contribution is 2.29. The molecule has 0 aliphatic heterocycles. The Kier molecular flexibility index (Phi) is 6.96. The van der Waals surface area contributed by atoms with Crippen LogP contribution >= 0.6 is 0 Å². The Bertz CT molecular complexity index is 796. The summed E-state index contributed by atoms with van der Waals surface area (Å²) in [6.07, 6.45) is 4.18. The molecule has 4 heteroatoms. The maximum Gasteiger partial charge on any atom is 0.333 e. The zero-order valence-corrected chi connectivity index (χ0v) is 15.3. The highest BCUT2D eigenvalue weighted by atomic mass is 19.1. The van der Waals surface area contributed by atoms with Crippen molar-refractivity contribution < 1.29 is 19.0 Å². The van der Waals surface area contributed by atoms with E-state index >= 15 is 0 Å². The van der Waals surface area contributed by atoms with Crippen molar-refractivity contribution in [1.29, 1.82) is 0 Å². The summed E-state index contributed by atoms with van der Waals surface area (Å²) in [5, 5.41) is 9.96. The smallest absolute Gasteiger partial charge is 0.333 e. The maximum absolute atomic E-state index is 14.5. The summed E-state index contributed by atoms with van der Waals surface area (Å²) in [6, 6.07) is 10.0. The predicted octanol–water partition coefficient (Wildman–Crippen LogP) is 5.55. The van der Waals surface area contributed by atoms with Gasteiger partial charge in [-0.05, 0) is 49.1 Å². The first-order valence-electron chi connectivity index (χ1n) is 8.85. The number of esters is 1. The first-order valence-corrected chi connectivity index (χ1v) is 8.85. The van der Waals surface area contributed by atoms with Crippen LogP contribution in [0.3, 0.4) is 0 Å². The molecule has 0 unspecified atom stereocenters. The number of aromatic hydroxyl groups is 1. The van der Waals surface area contributed by atoms with Crippen LogP contribution in [0.15, 0.2) is 48.6 Å². The zero-order chi connectivity index (χ0) is 19.1. The minimum absolute atomic E-state index is 0.000130. The summed E-state index contributed by atoms with van der Waals surface area (Å²) < 4.78 is 19.6. The highest BCUT2D eigenvalue weighted by Gasteiger charge is 2.11. The first kappa shape index (κ1) is 19.7. The van der Waals surface area contributed by atoms with Gasteiger partial charge in [-0.1, -0.05) is 44.5 Å². The molecule has 2 aromatic carbocycles. The molecule has 0 aromatic heterocycles. The van der Waals surface area contributed by atoms with Crippen LogP contribution in [0.4, 0.5) is 4.39 Å². The van der Waals surface area contributed by atoms with Crippen LogP contribution in [0, 0.1) is 5.82 Å². The number of hydrogen-bond donors (Lipinski definition) is 1. The molecule has 2 aromatic rings. The van der Waals surface area contributed by atoms with Crippen molar-refractivity contribution in [3.63, 3.8) is 0 Å². The van der Waals surface area contributed by atoms with Crippen LogP contribution < -0.4 is 0 Å². The third kappa shape index (κ3) is 5.19. The lowest BCUT2D eigenvalue weighted by atomic mass is 9.99. The molecule has 0 fully saturated rings. The molecule has 0 saturated carbocycles. The molecule has 0 radical (unpaired) electrons. The molecule has 3 nitrogen and oxygen atoms in total. The number of phenolic OH excluding ortho intramolecular Hbond substituents is 1. The van der Waals surface area contributed by atoms with E-state index in [0.29, 0.717) is 16.7 Å². The molecule has 0 saturated heterocycles. The van der Waals surface area contributed by atoms with Gasteiger partial charge in [-0.15, -0.1) is 0 Å². The monoisotopic (exact) mass is 356 g/mol. The predicted molar refractivity (Wildman–Crippen MR) is 101 cm³/mol. The Morgan fingerprint density at radius 3 is 2.62 bits per heavy atom. The summed E-state index contributed by atoms with van der Waals surface area (Å²) in [7, 11) is 0. The van der Waals surface area contributed by atoms with Crippen LogP contribution in [-0.2, 0) is 22.6 Å². The fraction of sp³-hybridized carbons (Fsp3) is 0.318. The standard InChI is InChI=1S/C22H25FO3/c1-4-5-6-7-16-8-10-19(20(23)12-16)17-9-11-21(24)18(13-17)14-26-22(25)15(2)3/h8-13,24H,2,4-7,14H2,1,3H3. The van der Waals surface area contributed by atoms with Gasteiger partial charge < -0.3 is 9.84 Å². The summed E-state index contributed by atoms with van der Waals surface area (Å²) in [6.45, 7) is 7.11. The van der Waals surface area contributed by atoms with Gasteiger partial charge in [-0.3, -0.25) is 0 Å². The number of carbonyl (C=O) groups excluding carboxylic acids is 1. The SMILES string of the molecule is C=C(C)C(=O)OCc1cc(-c2ccc(CCCCC)cc2F)ccc1O. The number of benzene rings is 2. The first-order chi connectivity index (χ1) is 12.4. The van der Waals surface area contributed by atoms with Crippen molar-refractivity contribution in [2.24, 2.45) is 0 Å². The average Bonchev–Trinajstić information content (AvgIpc) is 2.61. The van der Waals surface area contributed by atoms with E-state index < -0.39 is 5.97 Å². The Hall–Kier alpha value is -2.62. The molecule has 0 bridgehead atoms. The van der Waals surface area contributed by atoms with Gasteiger partial charge >= 0.3 is 5.97 Å². The summed E-state index contributed by atoms with van der Waals surface area (Å²) in [5.41, 5.74) is 2.77. The largest absolute Gasteiger partial charge is 0.508 e. The molecule has 0 amide bonds. The van der Waals surface area contributed by atoms with Crippen molar-refractivity contribution in [1.82, 2.24) is 0 Å². The van der Waals surface area contributed by atoms with Gasteiger partial charge in [0.15, 0.2) is 0 Å². The number of rotatable bonds is 8. The highest BCUT2D eigenvalue weighted by molar-refractivity contribution is 5.86. The third-order valence-electron chi connectivity index (χ3n) is 4.20. The summed E-state index contributed by atoms with van der Waals surface area (Å²) >= 11 is 0. The van der Waals surface area contributed by atoms with Crippen molar-refractivity contribution in [3.05, 3.63) is 65.5 Å². The van der Waals surface area contributed by atoms with Gasteiger partial charge in [0, 0.05) is 16.7 Å². The number of hydrogen-bond acceptors (Lipinski definition) is 3. The van der Waals surface area contributed by atoms with E-state index in [0.717, 1.165) is 31.2 Å². The van der Waals surface area contributed by atoms with Gasteiger partial charge in [-0.25, -0.2) is 9.18 Å². The van der Waals surface area contributed by atoms with Crippen LogP contribution in [0.5, 0.6) is 5.75 Å². The van der Waals surface area contributed by atoms with Gasteiger partial charge in [0.05, 0.1) is 0 Å². The van der Waals surface area contributed by atoms with E-state index in [1.165, 1.54) is 6.07 Å². The van der Waals surface area contributed by atoms with Crippen LogP contribution in [-0.4, -0.2) is 11.1 Å². The van der Waals surface area contributed by atoms with Crippen molar-refractivity contribution >= 4 is 5.97 Å². The quantitative estimate of drug-likeness (QED) is 0.383. The Morgan fingerprint density at radius 2 is 1.96 bits per heavy atom. The summed E-state index contributed by atoms with van der Waals surface area (Å²) in [5.74, 6) is -0.827. The second-order valence-corrected chi connectivity index (χ2v) is 6.47. The minimum atomic E-state index is -0.530. The fourth-order valence-corrected chi connectivity index (χ4v) is 2.66. The average molecular weight is 356 g/mol. The van der Waals surface area contributed by atoms with Gasteiger partial charge in [0.1, 0.15) is 18.2 Å². The number of halogens is 1. The van der Waals surface area contributed by atoms with E-state index in [1.54, 1.807) is 31.2 Å². The lowest BCUT2D eigenvalue weighted by Crippen LogP contribution is -2.05. The van der Waals surface area contributed by atoms with Crippen LogP contribution in [0.25, 0.3) is 11.1 Å². The Balaban J connectivity index is 2.19. The molecule has 0 heterocycles. The molecule has 0 atom stereocenters. The molecule has 138 valence electrons. The van der Waals surface area contributed by atoms with Gasteiger partial charge in [0.25, 0.3) is 0 Å². The number of aryl methyl sites for hydroxylation is 1. The van der Waals surface area contributed by atoms with E-state index in [1.807, 2.05) is 6.07 Å². The minimum Gasteiger partial charge on any atom is -0.508 e. The van der Waals surface area contributed by atoms with Gasteiger partial charge in [-0.2, -0.15) is 0 Å². The van der Waals surface area contributed by atoms with Crippen LogP contribution in [0.2, 0.25) is 0 Å². The van der Waals surface area contributed by atoms with Crippen molar-refractivity contribution in [2.75, 3.05) is 0 Å². The second kappa shape index (κ2) is 9.18. The van der Waals surface area contributed by atoms with E-state index in [-0.39, 0.29) is 23.7 Å².